The number of imidazole rings is 1. The van der Waals surface area contributed by atoms with Crippen LogP contribution in [0, 0.1) is 11.3 Å². The highest BCUT2D eigenvalue weighted by Crippen LogP contribution is 2.30. The summed E-state index contributed by atoms with van der Waals surface area (Å²) in [5.74, 6) is 0.468. The summed E-state index contributed by atoms with van der Waals surface area (Å²) in [5.41, 5.74) is 0.0789. The fourth-order valence-electron chi connectivity index (χ4n) is 4.19. The first-order valence-corrected chi connectivity index (χ1v) is 11.0. The third-order valence-corrected chi connectivity index (χ3v) is 6.20. The number of aromatic nitrogens is 2. The molecule has 3 atom stereocenters. The van der Waals surface area contributed by atoms with E-state index in [1.165, 1.54) is 10.9 Å². The maximum absolute atomic E-state index is 13.4. The molecule has 1 aromatic heterocycles. The van der Waals surface area contributed by atoms with E-state index in [1.54, 1.807) is 35.4 Å². The molecule has 0 saturated carbocycles. The normalized spacial score (nSPS) is 21.1. The number of likely N-dealkylation sites (tertiary alicyclic amines) is 1. The van der Waals surface area contributed by atoms with Crippen molar-refractivity contribution in [2.45, 2.75) is 39.3 Å². The number of anilines is 2. The molecule has 9 nitrogen and oxygen atoms in total. The van der Waals surface area contributed by atoms with Crippen LogP contribution < -0.4 is 16.0 Å². The summed E-state index contributed by atoms with van der Waals surface area (Å²) in [7, 11) is 0. The van der Waals surface area contributed by atoms with Crippen LogP contribution in [-0.4, -0.2) is 57.5 Å². The van der Waals surface area contributed by atoms with Gasteiger partial charge in [-0.1, -0.05) is 32.4 Å². The number of nitrogens with one attached hydrogen (secondary N) is 3. The van der Waals surface area contributed by atoms with E-state index in [4.69, 9.17) is 11.6 Å². The second-order valence-corrected chi connectivity index (χ2v) is 9.78. The number of nitrogens with zero attached hydrogens (tertiary/aromatic N) is 3. The predicted molar refractivity (Wildman–Crippen MR) is 122 cm³/mol. The summed E-state index contributed by atoms with van der Waals surface area (Å²) < 4.78 is 1.51. The SMILES string of the molecule is CC(C)(C)[C@@H](NC(=O)Nc1ccc(Cl)cc1)C(=O)N1CCC(C2Nc3cncn3C2=O)C1. The molecule has 10 heteroatoms. The topological polar surface area (TPSA) is 108 Å². The van der Waals surface area contributed by atoms with Crippen LogP contribution in [0.3, 0.4) is 0 Å². The lowest BCUT2D eigenvalue weighted by Gasteiger charge is -2.33. The molecule has 170 valence electrons. The fourth-order valence-corrected chi connectivity index (χ4v) is 4.32. The lowest BCUT2D eigenvalue weighted by molar-refractivity contribution is -0.134. The van der Waals surface area contributed by atoms with Crippen LogP contribution in [-0.2, 0) is 4.79 Å². The van der Waals surface area contributed by atoms with Crippen molar-refractivity contribution in [2.75, 3.05) is 23.7 Å². The van der Waals surface area contributed by atoms with Crippen LogP contribution in [0.1, 0.15) is 32.0 Å². The minimum absolute atomic E-state index is 0.00476. The summed E-state index contributed by atoms with van der Waals surface area (Å²) in [5, 5.41) is 9.35. The molecule has 1 fully saturated rings. The maximum atomic E-state index is 13.4. The Morgan fingerprint density at radius 2 is 1.97 bits per heavy atom. The molecule has 4 rings (SSSR count). The van der Waals surface area contributed by atoms with E-state index >= 15 is 0 Å². The Kier molecular flexibility index (Phi) is 5.85. The highest BCUT2D eigenvalue weighted by Gasteiger charge is 2.43. The standard InChI is InChI=1S/C22H27ClN6O3/c1-22(2,3)18(27-21(32)25-15-6-4-14(23)5-7-15)20(31)28-9-8-13(11-28)17-19(30)29-12-24-10-16(29)26-17/h4-7,10,12-13,17-18,26H,8-9,11H2,1-3H3,(H2,25,27,32)/t13?,17?,18-/m0/s1. The van der Waals surface area contributed by atoms with Gasteiger partial charge in [0.15, 0.2) is 0 Å². The monoisotopic (exact) mass is 458 g/mol. The minimum Gasteiger partial charge on any atom is -0.358 e. The summed E-state index contributed by atoms with van der Waals surface area (Å²) >= 11 is 5.89. The van der Waals surface area contributed by atoms with E-state index < -0.39 is 17.5 Å². The molecule has 2 aromatic rings. The summed E-state index contributed by atoms with van der Waals surface area (Å²) in [4.78, 5) is 44.3. The van der Waals surface area contributed by atoms with Crippen molar-refractivity contribution in [3.8, 4) is 0 Å². The Labute approximate surface area is 191 Å². The van der Waals surface area contributed by atoms with E-state index in [-0.39, 0.29) is 23.8 Å². The van der Waals surface area contributed by atoms with Crippen molar-refractivity contribution in [1.29, 1.82) is 0 Å². The molecule has 2 aliphatic rings. The van der Waals surface area contributed by atoms with Gasteiger partial charge >= 0.3 is 6.03 Å². The van der Waals surface area contributed by atoms with Crippen molar-refractivity contribution < 1.29 is 14.4 Å². The highest BCUT2D eigenvalue weighted by atomic mass is 35.5. The van der Waals surface area contributed by atoms with Gasteiger partial charge in [0, 0.05) is 29.7 Å². The lowest BCUT2D eigenvalue weighted by atomic mass is 9.86. The maximum Gasteiger partial charge on any atom is 0.319 e. The Balaban J connectivity index is 1.40. The average Bonchev–Trinajstić information content (AvgIpc) is 3.44. The van der Waals surface area contributed by atoms with Gasteiger partial charge in [0.25, 0.3) is 5.91 Å². The number of amides is 3. The fraction of sp³-hybridized carbons (Fsp3) is 0.455. The van der Waals surface area contributed by atoms with Gasteiger partial charge in [-0.2, -0.15) is 0 Å². The lowest BCUT2D eigenvalue weighted by Crippen LogP contribution is -2.55. The first-order valence-electron chi connectivity index (χ1n) is 10.6. The summed E-state index contributed by atoms with van der Waals surface area (Å²) in [6.45, 7) is 6.72. The smallest absolute Gasteiger partial charge is 0.319 e. The van der Waals surface area contributed by atoms with E-state index in [1.807, 2.05) is 20.8 Å². The second kappa shape index (κ2) is 8.46. The molecule has 3 heterocycles. The van der Waals surface area contributed by atoms with Gasteiger partial charge in [0.1, 0.15) is 24.2 Å². The van der Waals surface area contributed by atoms with Crippen molar-refractivity contribution in [1.82, 2.24) is 19.8 Å². The van der Waals surface area contributed by atoms with Crippen molar-refractivity contribution in [2.24, 2.45) is 11.3 Å². The Bertz CT molecular complexity index is 1030. The average molecular weight is 459 g/mol. The molecule has 0 spiro atoms. The third-order valence-electron chi connectivity index (χ3n) is 5.94. The van der Waals surface area contributed by atoms with Gasteiger partial charge in [-0.15, -0.1) is 0 Å². The molecule has 3 amide bonds. The molecular formula is C22H27ClN6O3. The van der Waals surface area contributed by atoms with Gasteiger partial charge in [-0.25, -0.2) is 9.78 Å². The van der Waals surface area contributed by atoms with Gasteiger partial charge in [-0.3, -0.25) is 14.2 Å². The first-order chi connectivity index (χ1) is 15.1. The Morgan fingerprint density at radius 3 is 2.62 bits per heavy atom. The van der Waals surface area contributed by atoms with E-state index in [0.717, 1.165) is 0 Å². The molecule has 0 aliphatic carbocycles. The summed E-state index contributed by atoms with van der Waals surface area (Å²) in [6.07, 6.45) is 3.83. The number of hydrogen-bond acceptors (Lipinski definition) is 5. The van der Waals surface area contributed by atoms with E-state index in [2.05, 4.69) is 20.9 Å². The molecule has 1 saturated heterocycles. The van der Waals surface area contributed by atoms with Crippen LogP contribution in [0.25, 0.3) is 0 Å². The van der Waals surface area contributed by atoms with E-state index in [9.17, 15) is 14.4 Å². The zero-order chi connectivity index (χ0) is 23.0. The van der Waals surface area contributed by atoms with Crippen molar-refractivity contribution >= 4 is 41.0 Å². The van der Waals surface area contributed by atoms with Crippen LogP contribution >= 0.6 is 11.6 Å². The number of urea groups is 1. The minimum atomic E-state index is -0.723. The molecule has 2 aliphatic heterocycles. The molecule has 3 N–H and O–H groups in total. The van der Waals surface area contributed by atoms with Crippen LogP contribution in [0.15, 0.2) is 36.8 Å². The number of halogens is 1. The Hall–Kier alpha value is -3.07. The predicted octanol–water partition coefficient (Wildman–Crippen LogP) is 3.06. The van der Waals surface area contributed by atoms with Crippen molar-refractivity contribution in [3.05, 3.63) is 41.8 Å². The number of carbonyl (C=O) groups excluding carboxylic acids is 3. The van der Waals surface area contributed by atoms with Gasteiger partial charge < -0.3 is 20.9 Å². The molecule has 1 aromatic carbocycles. The Morgan fingerprint density at radius 1 is 1.25 bits per heavy atom. The quantitative estimate of drug-likeness (QED) is 0.652. The highest BCUT2D eigenvalue weighted by molar-refractivity contribution is 6.30. The van der Waals surface area contributed by atoms with Gasteiger partial charge in [-0.05, 0) is 36.1 Å². The van der Waals surface area contributed by atoms with Crippen LogP contribution in [0.5, 0.6) is 0 Å². The first kappa shape index (κ1) is 22.1. The van der Waals surface area contributed by atoms with Gasteiger partial charge in [0.05, 0.1) is 6.20 Å². The number of benzene rings is 1. The van der Waals surface area contributed by atoms with Crippen LogP contribution in [0.4, 0.5) is 16.3 Å². The number of rotatable bonds is 4. The molecule has 2 unspecified atom stereocenters. The molecule has 32 heavy (non-hydrogen) atoms. The van der Waals surface area contributed by atoms with Crippen LogP contribution in [0.2, 0.25) is 5.02 Å². The zero-order valence-electron chi connectivity index (χ0n) is 18.3. The zero-order valence-corrected chi connectivity index (χ0v) is 19.0. The molecule has 0 radical (unpaired) electrons. The number of fused-ring (bicyclic) bond motifs is 1. The number of carbonyl (C=O) groups is 3. The van der Waals surface area contributed by atoms with E-state index in [0.29, 0.717) is 36.0 Å². The van der Waals surface area contributed by atoms with Crippen molar-refractivity contribution in [3.63, 3.8) is 0 Å². The third kappa shape index (κ3) is 4.43. The molecular weight excluding hydrogens is 432 g/mol. The summed E-state index contributed by atoms with van der Waals surface area (Å²) in [6, 6.07) is 5.18. The van der Waals surface area contributed by atoms with Gasteiger partial charge in [0.2, 0.25) is 5.91 Å². The molecule has 0 bridgehead atoms. The largest absolute Gasteiger partial charge is 0.358 e. The second-order valence-electron chi connectivity index (χ2n) is 9.35. The number of hydrogen-bond donors (Lipinski definition) is 3.